The summed E-state index contributed by atoms with van der Waals surface area (Å²) in [6.45, 7) is 2.97. The molecule has 178 valence electrons. The van der Waals surface area contributed by atoms with E-state index in [4.69, 9.17) is 9.47 Å². The number of anilines is 3. The molecular formula is C24H25N3O6S. The van der Waals surface area contributed by atoms with Crippen LogP contribution in [0.4, 0.5) is 17.1 Å². The molecular weight excluding hydrogens is 458 g/mol. The Morgan fingerprint density at radius 3 is 2.26 bits per heavy atom. The van der Waals surface area contributed by atoms with E-state index in [0.717, 1.165) is 0 Å². The standard InChI is InChI=1S/C24H25N3O6S/c1-15-9-10-17(25-16(2)28)13-23(15)34(30,31)27-20-8-6-5-7-19(20)24(29)26-21-12-11-18(32-3)14-22(21)33-4/h5-14,27H,1-4H3,(H,25,28)(H,26,29). The van der Waals surface area contributed by atoms with Gasteiger partial charge in [-0.15, -0.1) is 0 Å². The topological polar surface area (TPSA) is 123 Å². The fourth-order valence-corrected chi connectivity index (χ4v) is 4.58. The van der Waals surface area contributed by atoms with Crippen molar-refractivity contribution in [3.05, 3.63) is 71.8 Å². The molecule has 0 aromatic heterocycles. The normalized spacial score (nSPS) is 10.8. The first-order valence-electron chi connectivity index (χ1n) is 10.2. The lowest BCUT2D eigenvalue weighted by Crippen LogP contribution is -2.19. The van der Waals surface area contributed by atoms with E-state index in [-0.39, 0.29) is 22.1 Å². The molecule has 34 heavy (non-hydrogen) atoms. The summed E-state index contributed by atoms with van der Waals surface area (Å²) < 4.78 is 39.3. The summed E-state index contributed by atoms with van der Waals surface area (Å²) in [6.07, 6.45) is 0. The fourth-order valence-electron chi connectivity index (χ4n) is 3.23. The van der Waals surface area contributed by atoms with E-state index in [1.165, 1.54) is 39.3 Å². The fraction of sp³-hybridized carbons (Fsp3) is 0.167. The van der Waals surface area contributed by atoms with Crippen molar-refractivity contribution >= 4 is 38.9 Å². The number of carbonyl (C=O) groups excluding carboxylic acids is 2. The molecule has 3 aromatic carbocycles. The number of para-hydroxylation sites is 1. The highest BCUT2D eigenvalue weighted by molar-refractivity contribution is 7.92. The number of aryl methyl sites for hydroxylation is 1. The summed E-state index contributed by atoms with van der Waals surface area (Å²) in [6, 6.07) is 15.7. The Morgan fingerprint density at radius 2 is 1.59 bits per heavy atom. The van der Waals surface area contributed by atoms with Gasteiger partial charge in [-0.05, 0) is 48.9 Å². The number of carbonyl (C=O) groups is 2. The van der Waals surface area contributed by atoms with Gasteiger partial charge in [0.05, 0.1) is 36.1 Å². The summed E-state index contributed by atoms with van der Waals surface area (Å²) in [5.41, 5.74) is 1.42. The van der Waals surface area contributed by atoms with Crippen molar-refractivity contribution in [3.8, 4) is 11.5 Å². The van der Waals surface area contributed by atoms with Crippen LogP contribution in [0.2, 0.25) is 0 Å². The van der Waals surface area contributed by atoms with Crippen molar-refractivity contribution in [1.29, 1.82) is 0 Å². The Morgan fingerprint density at radius 1 is 0.853 bits per heavy atom. The molecule has 0 fully saturated rings. The molecule has 0 radical (unpaired) electrons. The van der Waals surface area contributed by atoms with Crippen LogP contribution in [-0.2, 0) is 14.8 Å². The van der Waals surface area contributed by atoms with E-state index >= 15 is 0 Å². The van der Waals surface area contributed by atoms with Crippen molar-refractivity contribution in [1.82, 2.24) is 0 Å². The van der Waals surface area contributed by atoms with Gasteiger partial charge in [0.25, 0.3) is 15.9 Å². The molecule has 3 N–H and O–H groups in total. The zero-order chi connectivity index (χ0) is 24.9. The Labute approximate surface area is 198 Å². The number of nitrogens with one attached hydrogen (secondary N) is 3. The number of rotatable bonds is 8. The molecule has 0 atom stereocenters. The van der Waals surface area contributed by atoms with Gasteiger partial charge in [-0.1, -0.05) is 18.2 Å². The molecule has 3 aromatic rings. The van der Waals surface area contributed by atoms with Gasteiger partial charge in [-0.2, -0.15) is 0 Å². The van der Waals surface area contributed by atoms with Crippen LogP contribution >= 0.6 is 0 Å². The zero-order valence-electron chi connectivity index (χ0n) is 19.1. The van der Waals surface area contributed by atoms with Crippen LogP contribution in [0.1, 0.15) is 22.8 Å². The maximum atomic E-state index is 13.2. The van der Waals surface area contributed by atoms with Crippen molar-refractivity contribution < 1.29 is 27.5 Å². The third-order valence-corrected chi connectivity index (χ3v) is 6.38. The van der Waals surface area contributed by atoms with E-state index in [1.54, 1.807) is 49.4 Å². The molecule has 0 aliphatic heterocycles. The number of benzene rings is 3. The van der Waals surface area contributed by atoms with Crippen molar-refractivity contribution in [2.24, 2.45) is 0 Å². The molecule has 0 bridgehead atoms. The van der Waals surface area contributed by atoms with Crippen LogP contribution in [0, 0.1) is 6.92 Å². The summed E-state index contributed by atoms with van der Waals surface area (Å²) in [4.78, 5) is 24.4. The van der Waals surface area contributed by atoms with Crippen molar-refractivity contribution in [3.63, 3.8) is 0 Å². The van der Waals surface area contributed by atoms with Crippen LogP contribution < -0.4 is 24.8 Å². The lowest BCUT2D eigenvalue weighted by atomic mass is 10.1. The Hall–Kier alpha value is -4.05. The first kappa shape index (κ1) is 24.6. The lowest BCUT2D eigenvalue weighted by Gasteiger charge is -2.16. The van der Waals surface area contributed by atoms with Gasteiger partial charge >= 0.3 is 0 Å². The SMILES string of the molecule is COc1ccc(NC(=O)c2ccccc2NS(=O)(=O)c2cc(NC(C)=O)ccc2C)c(OC)c1. The van der Waals surface area contributed by atoms with Crippen LogP contribution in [0.3, 0.4) is 0 Å². The second kappa shape index (κ2) is 10.3. The number of sulfonamides is 1. The highest BCUT2D eigenvalue weighted by Gasteiger charge is 2.22. The third-order valence-electron chi connectivity index (χ3n) is 4.87. The molecule has 0 saturated carbocycles. The highest BCUT2D eigenvalue weighted by Crippen LogP contribution is 2.30. The Kier molecular flexibility index (Phi) is 7.42. The molecule has 0 saturated heterocycles. The van der Waals surface area contributed by atoms with Crippen LogP contribution in [0.25, 0.3) is 0 Å². The quantitative estimate of drug-likeness (QED) is 0.445. The molecule has 10 heteroatoms. The van der Waals surface area contributed by atoms with E-state index < -0.39 is 15.9 Å². The van der Waals surface area contributed by atoms with Gasteiger partial charge in [0, 0.05) is 18.7 Å². The minimum atomic E-state index is -4.08. The van der Waals surface area contributed by atoms with E-state index in [9.17, 15) is 18.0 Å². The molecule has 0 aliphatic rings. The van der Waals surface area contributed by atoms with Gasteiger partial charge in [0.2, 0.25) is 5.91 Å². The monoisotopic (exact) mass is 483 g/mol. The van der Waals surface area contributed by atoms with Crippen LogP contribution in [-0.4, -0.2) is 34.5 Å². The molecule has 3 rings (SSSR count). The second-order valence-electron chi connectivity index (χ2n) is 7.33. The van der Waals surface area contributed by atoms with Crippen molar-refractivity contribution in [2.45, 2.75) is 18.7 Å². The number of ether oxygens (including phenoxy) is 2. The average molecular weight is 484 g/mol. The van der Waals surface area contributed by atoms with Gasteiger partial charge in [-0.3, -0.25) is 14.3 Å². The van der Waals surface area contributed by atoms with Gasteiger partial charge in [-0.25, -0.2) is 8.42 Å². The van der Waals surface area contributed by atoms with Gasteiger partial charge in [0.1, 0.15) is 11.5 Å². The minimum Gasteiger partial charge on any atom is -0.497 e. The zero-order valence-corrected chi connectivity index (χ0v) is 19.9. The number of hydrogen-bond acceptors (Lipinski definition) is 6. The van der Waals surface area contributed by atoms with E-state index in [2.05, 4.69) is 15.4 Å². The number of methoxy groups -OCH3 is 2. The lowest BCUT2D eigenvalue weighted by molar-refractivity contribution is -0.114. The summed E-state index contributed by atoms with van der Waals surface area (Å²) >= 11 is 0. The predicted octanol–water partition coefficient (Wildman–Crippen LogP) is 4.02. The molecule has 0 unspecified atom stereocenters. The molecule has 9 nitrogen and oxygen atoms in total. The minimum absolute atomic E-state index is 0.0224. The summed E-state index contributed by atoms with van der Waals surface area (Å²) in [5.74, 6) is 0.0812. The maximum Gasteiger partial charge on any atom is 0.262 e. The molecule has 0 spiro atoms. The van der Waals surface area contributed by atoms with Crippen molar-refractivity contribution in [2.75, 3.05) is 29.6 Å². The van der Waals surface area contributed by atoms with Crippen LogP contribution in [0.5, 0.6) is 11.5 Å². The van der Waals surface area contributed by atoms with Crippen LogP contribution in [0.15, 0.2) is 65.6 Å². The molecule has 0 heterocycles. The predicted molar refractivity (Wildman–Crippen MR) is 130 cm³/mol. The summed E-state index contributed by atoms with van der Waals surface area (Å²) in [5, 5.41) is 5.30. The van der Waals surface area contributed by atoms with Gasteiger partial charge < -0.3 is 20.1 Å². The number of amides is 2. The second-order valence-corrected chi connectivity index (χ2v) is 8.98. The Bertz CT molecular complexity index is 1340. The first-order valence-corrected chi connectivity index (χ1v) is 11.7. The van der Waals surface area contributed by atoms with E-state index in [0.29, 0.717) is 28.4 Å². The maximum absolute atomic E-state index is 13.2. The average Bonchev–Trinajstić information content (AvgIpc) is 2.80. The van der Waals surface area contributed by atoms with Gasteiger partial charge in [0.15, 0.2) is 0 Å². The largest absolute Gasteiger partial charge is 0.497 e. The highest BCUT2D eigenvalue weighted by atomic mass is 32.2. The third kappa shape index (κ3) is 5.65. The Balaban J connectivity index is 1.91. The molecule has 2 amide bonds. The number of hydrogen-bond donors (Lipinski definition) is 3. The summed E-state index contributed by atoms with van der Waals surface area (Å²) in [7, 11) is -1.10. The van der Waals surface area contributed by atoms with E-state index in [1.807, 2.05) is 0 Å². The molecule has 0 aliphatic carbocycles. The smallest absolute Gasteiger partial charge is 0.262 e. The first-order chi connectivity index (χ1) is 16.1.